The van der Waals surface area contributed by atoms with Crippen LogP contribution in [0.25, 0.3) is 0 Å². The molecule has 1 fully saturated rings. The highest BCUT2D eigenvalue weighted by Gasteiger charge is 2.23. The first kappa shape index (κ1) is 22.8. The second-order valence-electron chi connectivity index (χ2n) is 7.45. The number of nitrogens with zero attached hydrogens (tertiary/aromatic N) is 1. The number of hydrogen-bond donors (Lipinski definition) is 1. The van der Waals surface area contributed by atoms with Gasteiger partial charge in [-0.3, -0.25) is 9.59 Å². The molecule has 9 nitrogen and oxygen atoms in total. The molecule has 2 aromatic rings. The maximum atomic E-state index is 12.0. The minimum atomic E-state index is -0.565. The molecule has 1 saturated heterocycles. The molecule has 33 heavy (non-hydrogen) atoms. The molecular weight excluding hydrogens is 448 g/mol. The quantitative estimate of drug-likeness (QED) is 0.280. The number of morpholine rings is 1. The average molecular weight is 473 g/mol. The Balaban J connectivity index is 1.26. The SMILES string of the molecule is COC(=O)CC(=O)c1ccc(OCC2CN(C(=S)Nc3ccc4c(c3)OCO4)CCO2)cc1. The summed E-state index contributed by atoms with van der Waals surface area (Å²) in [4.78, 5) is 25.3. The van der Waals surface area contributed by atoms with Crippen molar-refractivity contribution in [3.05, 3.63) is 48.0 Å². The van der Waals surface area contributed by atoms with Gasteiger partial charge in [0.05, 0.1) is 13.7 Å². The fourth-order valence-corrected chi connectivity index (χ4v) is 3.70. The van der Waals surface area contributed by atoms with E-state index in [1.165, 1.54) is 7.11 Å². The number of anilines is 1. The molecule has 4 rings (SSSR count). The first-order valence-electron chi connectivity index (χ1n) is 10.4. The lowest BCUT2D eigenvalue weighted by Gasteiger charge is -2.34. The summed E-state index contributed by atoms with van der Waals surface area (Å²) in [5.74, 6) is 1.14. The van der Waals surface area contributed by atoms with Crippen LogP contribution < -0.4 is 19.5 Å². The van der Waals surface area contributed by atoms with Gasteiger partial charge in [0.25, 0.3) is 0 Å². The lowest BCUT2D eigenvalue weighted by atomic mass is 10.1. The maximum Gasteiger partial charge on any atom is 0.313 e. The van der Waals surface area contributed by atoms with Crippen LogP contribution in [-0.2, 0) is 14.3 Å². The van der Waals surface area contributed by atoms with Crippen molar-refractivity contribution in [2.75, 3.05) is 45.5 Å². The zero-order valence-electron chi connectivity index (χ0n) is 18.1. The Morgan fingerprint density at radius 2 is 1.94 bits per heavy atom. The van der Waals surface area contributed by atoms with E-state index >= 15 is 0 Å². The van der Waals surface area contributed by atoms with Gasteiger partial charge in [0.2, 0.25) is 6.79 Å². The maximum absolute atomic E-state index is 12.0. The van der Waals surface area contributed by atoms with Crippen LogP contribution in [0.15, 0.2) is 42.5 Å². The molecule has 0 bridgehead atoms. The molecule has 0 aliphatic carbocycles. The predicted octanol–water partition coefficient (Wildman–Crippen LogP) is 2.64. The van der Waals surface area contributed by atoms with Gasteiger partial charge in [0, 0.05) is 30.4 Å². The predicted molar refractivity (Wildman–Crippen MR) is 123 cm³/mol. The number of carbonyl (C=O) groups is 2. The first-order valence-corrected chi connectivity index (χ1v) is 10.8. The van der Waals surface area contributed by atoms with E-state index in [4.69, 9.17) is 31.2 Å². The number of rotatable bonds is 7. The van der Waals surface area contributed by atoms with Crippen molar-refractivity contribution in [2.45, 2.75) is 12.5 Å². The number of fused-ring (bicyclic) bond motifs is 1. The van der Waals surface area contributed by atoms with Crippen molar-refractivity contribution in [1.29, 1.82) is 0 Å². The van der Waals surface area contributed by atoms with Gasteiger partial charge in [-0.15, -0.1) is 0 Å². The molecule has 1 N–H and O–H groups in total. The number of thiocarbonyl (C=S) groups is 1. The standard InChI is InChI=1S/C23H24N2O7S/c1-28-22(27)11-19(26)15-2-5-17(6-3-15)30-13-18-12-25(8-9-29-18)23(33)24-16-4-7-20-21(10-16)32-14-31-20/h2-7,10,18H,8-9,11-14H2,1H3,(H,24,33). The second-order valence-corrected chi connectivity index (χ2v) is 7.84. The number of ether oxygens (including phenoxy) is 5. The summed E-state index contributed by atoms with van der Waals surface area (Å²) in [5.41, 5.74) is 1.25. The summed E-state index contributed by atoms with van der Waals surface area (Å²) in [7, 11) is 1.25. The molecule has 1 atom stereocenters. The van der Waals surface area contributed by atoms with Crippen molar-refractivity contribution in [1.82, 2.24) is 4.90 Å². The summed E-state index contributed by atoms with van der Waals surface area (Å²) in [5, 5.41) is 3.82. The Kier molecular flexibility index (Phi) is 7.26. The molecule has 2 aliphatic rings. The van der Waals surface area contributed by atoms with Gasteiger partial charge in [-0.2, -0.15) is 0 Å². The molecule has 0 spiro atoms. The van der Waals surface area contributed by atoms with E-state index in [-0.39, 0.29) is 25.1 Å². The van der Waals surface area contributed by atoms with Gasteiger partial charge >= 0.3 is 5.97 Å². The summed E-state index contributed by atoms with van der Waals surface area (Å²) in [6, 6.07) is 12.2. The van der Waals surface area contributed by atoms with E-state index < -0.39 is 5.97 Å². The Morgan fingerprint density at radius 3 is 2.73 bits per heavy atom. The number of benzene rings is 2. The lowest BCUT2D eigenvalue weighted by molar-refractivity contribution is -0.139. The smallest absolute Gasteiger partial charge is 0.313 e. The fourth-order valence-electron chi connectivity index (χ4n) is 3.41. The summed E-state index contributed by atoms with van der Waals surface area (Å²) < 4.78 is 26.9. The number of methoxy groups -OCH3 is 1. The molecule has 10 heteroatoms. The number of carbonyl (C=O) groups excluding carboxylic acids is 2. The topological polar surface area (TPSA) is 95.6 Å². The molecule has 0 saturated carbocycles. The van der Waals surface area contributed by atoms with Gasteiger partial charge < -0.3 is 33.9 Å². The molecular formula is C23H24N2O7S. The van der Waals surface area contributed by atoms with E-state index in [0.29, 0.717) is 48.5 Å². The van der Waals surface area contributed by atoms with Crippen molar-refractivity contribution < 1.29 is 33.3 Å². The van der Waals surface area contributed by atoms with Crippen molar-refractivity contribution in [3.63, 3.8) is 0 Å². The van der Waals surface area contributed by atoms with Crippen LogP contribution >= 0.6 is 12.2 Å². The zero-order chi connectivity index (χ0) is 23.2. The third-order valence-electron chi connectivity index (χ3n) is 5.19. The van der Waals surface area contributed by atoms with Crippen LogP contribution in [0.3, 0.4) is 0 Å². The molecule has 2 heterocycles. The monoisotopic (exact) mass is 472 g/mol. The van der Waals surface area contributed by atoms with E-state index in [0.717, 1.165) is 11.4 Å². The second kappa shape index (κ2) is 10.5. The Labute approximate surface area is 196 Å². The molecule has 0 radical (unpaired) electrons. The zero-order valence-corrected chi connectivity index (χ0v) is 18.9. The van der Waals surface area contributed by atoms with Crippen LogP contribution in [-0.4, -0.2) is 68.1 Å². The molecule has 174 valence electrons. The van der Waals surface area contributed by atoms with Gasteiger partial charge in [0.1, 0.15) is 24.9 Å². The largest absolute Gasteiger partial charge is 0.491 e. The number of esters is 1. The van der Waals surface area contributed by atoms with Crippen molar-refractivity contribution in [3.8, 4) is 17.2 Å². The Hall–Kier alpha value is -3.37. The molecule has 1 unspecified atom stereocenters. The van der Waals surface area contributed by atoms with Crippen LogP contribution in [0, 0.1) is 0 Å². The molecule has 0 aromatic heterocycles. The summed E-state index contributed by atoms with van der Waals surface area (Å²) in [6.45, 7) is 2.33. The van der Waals surface area contributed by atoms with E-state index in [1.807, 2.05) is 23.1 Å². The van der Waals surface area contributed by atoms with Gasteiger partial charge in [-0.1, -0.05) is 0 Å². The first-order chi connectivity index (χ1) is 16.0. The van der Waals surface area contributed by atoms with Crippen LogP contribution in [0.1, 0.15) is 16.8 Å². The number of Topliss-reactive ketones (excluding diaryl/α,β-unsaturated/α-hetero) is 1. The van der Waals surface area contributed by atoms with Gasteiger partial charge in [0.15, 0.2) is 22.4 Å². The van der Waals surface area contributed by atoms with Crippen LogP contribution in [0.5, 0.6) is 17.2 Å². The van der Waals surface area contributed by atoms with Crippen molar-refractivity contribution in [2.24, 2.45) is 0 Å². The van der Waals surface area contributed by atoms with Crippen LogP contribution in [0.4, 0.5) is 5.69 Å². The molecule has 2 aliphatic heterocycles. The number of nitrogens with one attached hydrogen (secondary N) is 1. The average Bonchev–Trinajstić information content (AvgIpc) is 3.31. The van der Waals surface area contributed by atoms with Gasteiger partial charge in [-0.25, -0.2) is 0 Å². The highest BCUT2D eigenvalue weighted by molar-refractivity contribution is 7.80. The Morgan fingerprint density at radius 1 is 1.15 bits per heavy atom. The number of hydrogen-bond acceptors (Lipinski definition) is 8. The van der Waals surface area contributed by atoms with E-state index in [9.17, 15) is 9.59 Å². The van der Waals surface area contributed by atoms with Gasteiger partial charge in [-0.05, 0) is 48.6 Å². The third-order valence-corrected chi connectivity index (χ3v) is 5.55. The highest BCUT2D eigenvalue weighted by Crippen LogP contribution is 2.34. The Bertz CT molecular complexity index is 1030. The van der Waals surface area contributed by atoms with E-state index in [1.54, 1.807) is 24.3 Å². The normalized spacial score (nSPS) is 16.8. The summed E-state index contributed by atoms with van der Waals surface area (Å²) >= 11 is 5.57. The highest BCUT2D eigenvalue weighted by atomic mass is 32.1. The lowest BCUT2D eigenvalue weighted by Crippen LogP contribution is -2.49. The van der Waals surface area contributed by atoms with Crippen molar-refractivity contribution >= 4 is 34.8 Å². The molecule has 2 aromatic carbocycles. The minimum absolute atomic E-state index is 0.170. The fraction of sp³-hybridized carbons (Fsp3) is 0.348. The van der Waals surface area contributed by atoms with E-state index in [2.05, 4.69) is 10.1 Å². The molecule has 0 amide bonds. The summed E-state index contributed by atoms with van der Waals surface area (Å²) in [6.07, 6.45) is -0.460. The van der Waals surface area contributed by atoms with Crippen LogP contribution in [0.2, 0.25) is 0 Å². The number of ketones is 1. The third kappa shape index (κ3) is 5.91. The minimum Gasteiger partial charge on any atom is -0.491 e.